The fourth-order valence-corrected chi connectivity index (χ4v) is 2.99. The summed E-state index contributed by atoms with van der Waals surface area (Å²) in [5.74, 6) is 0.0273. The third-order valence-electron chi connectivity index (χ3n) is 4.63. The Bertz CT molecular complexity index is 566. The van der Waals surface area contributed by atoms with Gasteiger partial charge in [-0.2, -0.15) is 0 Å². The Morgan fingerprint density at radius 3 is 2.36 bits per heavy atom. The Morgan fingerprint density at radius 1 is 1.16 bits per heavy atom. The average molecular weight is 347 g/mol. The van der Waals surface area contributed by atoms with Gasteiger partial charge in [0.2, 0.25) is 11.8 Å². The summed E-state index contributed by atoms with van der Waals surface area (Å²) in [6, 6.07) is 8.35. The number of methoxy groups -OCH3 is 1. The molecule has 0 saturated carbocycles. The standard InChI is InChI=1S/C19H29N3O3/c1-4-16-5-7-17(8-6-16)15(2)20-18(23)13-21-9-11-22(12-10-21)19(24)14-25-3/h5-8,15H,4,9-14H2,1-3H3,(H,20,23). The molecule has 1 atom stereocenters. The molecule has 138 valence electrons. The van der Waals surface area contributed by atoms with Crippen molar-refractivity contribution in [2.45, 2.75) is 26.3 Å². The number of hydrogen-bond acceptors (Lipinski definition) is 4. The van der Waals surface area contributed by atoms with E-state index in [9.17, 15) is 9.59 Å². The van der Waals surface area contributed by atoms with Crippen LogP contribution in [0, 0.1) is 0 Å². The molecule has 1 fully saturated rings. The Balaban J connectivity index is 1.75. The molecule has 1 unspecified atom stereocenters. The molecule has 2 rings (SSSR count). The van der Waals surface area contributed by atoms with Gasteiger partial charge >= 0.3 is 0 Å². The van der Waals surface area contributed by atoms with Crippen LogP contribution in [-0.4, -0.2) is 68.1 Å². The predicted octanol–water partition coefficient (Wildman–Crippen LogP) is 1.22. The molecule has 2 amide bonds. The molecule has 1 N–H and O–H groups in total. The van der Waals surface area contributed by atoms with Crippen molar-refractivity contribution in [2.75, 3.05) is 46.4 Å². The molecule has 6 heteroatoms. The second-order valence-electron chi connectivity index (χ2n) is 6.47. The van der Waals surface area contributed by atoms with E-state index in [4.69, 9.17) is 4.74 Å². The summed E-state index contributed by atoms with van der Waals surface area (Å²) < 4.78 is 4.88. The Kier molecular flexibility index (Phi) is 7.40. The second kappa shape index (κ2) is 9.53. The van der Waals surface area contributed by atoms with Crippen molar-refractivity contribution in [1.82, 2.24) is 15.1 Å². The number of benzene rings is 1. The summed E-state index contributed by atoms with van der Waals surface area (Å²) in [6.45, 7) is 7.32. The van der Waals surface area contributed by atoms with Crippen LogP contribution in [-0.2, 0) is 20.7 Å². The molecule has 0 spiro atoms. The summed E-state index contributed by atoms with van der Waals surface area (Å²) in [5, 5.41) is 3.05. The van der Waals surface area contributed by atoms with E-state index < -0.39 is 0 Å². The Hall–Kier alpha value is -1.92. The van der Waals surface area contributed by atoms with Gasteiger partial charge in [0.15, 0.2) is 0 Å². The zero-order chi connectivity index (χ0) is 18.2. The van der Waals surface area contributed by atoms with E-state index in [0.717, 1.165) is 12.0 Å². The summed E-state index contributed by atoms with van der Waals surface area (Å²) in [6.07, 6.45) is 1.01. The summed E-state index contributed by atoms with van der Waals surface area (Å²) >= 11 is 0. The van der Waals surface area contributed by atoms with E-state index in [1.54, 1.807) is 4.90 Å². The number of carbonyl (C=O) groups excluding carboxylic acids is 2. The van der Waals surface area contributed by atoms with Crippen LogP contribution in [0.3, 0.4) is 0 Å². The van der Waals surface area contributed by atoms with Gasteiger partial charge in [-0.05, 0) is 24.5 Å². The van der Waals surface area contributed by atoms with Gasteiger partial charge in [0, 0.05) is 33.3 Å². The summed E-state index contributed by atoms with van der Waals surface area (Å²) in [7, 11) is 1.52. The van der Waals surface area contributed by atoms with Gasteiger partial charge < -0.3 is 15.0 Å². The smallest absolute Gasteiger partial charge is 0.248 e. The van der Waals surface area contributed by atoms with E-state index in [1.807, 2.05) is 6.92 Å². The highest BCUT2D eigenvalue weighted by Gasteiger charge is 2.22. The number of ether oxygens (including phenoxy) is 1. The topological polar surface area (TPSA) is 61.9 Å². The SMILES string of the molecule is CCc1ccc(C(C)NC(=O)CN2CCN(C(=O)COC)CC2)cc1. The summed E-state index contributed by atoms with van der Waals surface area (Å²) in [4.78, 5) is 27.9. The van der Waals surface area contributed by atoms with Gasteiger partial charge in [-0.3, -0.25) is 14.5 Å². The highest BCUT2D eigenvalue weighted by Crippen LogP contribution is 2.14. The lowest BCUT2D eigenvalue weighted by atomic mass is 10.1. The number of amides is 2. The first-order valence-corrected chi connectivity index (χ1v) is 8.90. The monoisotopic (exact) mass is 347 g/mol. The van der Waals surface area contributed by atoms with Crippen molar-refractivity contribution < 1.29 is 14.3 Å². The number of nitrogens with one attached hydrogen (secondary N) is 1. The summed E-state index contributed by atoms with van der Waals surface area (Å²) in [5.41, 5.74) is 2.41. The highest BCUT2D eigenvalue weighted by atomic mass is 16.5. The van der Waals surface area contributed by atoms with Crippen LogP contribution < -0.4 is 5.32 Å². The number of rotatable bonds is 7. The van der Waals surface area contributed by atoms with Crippen LogP contribution in [0.1, 0.15) is 31.0 Å². The Morgan fingerprint density at radius 2 is 1.80 bits per heavy atom. The van der Waals surface area contributed by atoms with E-state index in [2.05, 4.69) is 41.4 Å². The van der Waals surface area contributed by atoms with Gasteiger partial charge in [0.25, 0.3) is 0 Å². The minimum Gasteiger partial charge on any atom is -0.375 e. The lowest BCUT2D eigenvalue weighted by Gasteiger charge is -2.34. The maximum absolute atomic E-state index is 12.3. The molecule has 25 heavy (non-hydrogen) atoms. The first kappa shape index (κ1) is 19.4. The van der Waals surface area contributed by atoms with Crippen LogP contribution in [0.25, 0.3) is 0 Å². The van der Waals surface area contributed by atoms with Crippen molar-refractivity contribution in [1.29, 1.82) is 0 Å². The first-order chi connectivity index (χ1) is 12.0. The molecule has 1 aromatic rings. The van der Waals surface area contributed by atoms with Crippen LogP contribution in [0.5, 0.6) is 0 Å². The van der Waals surface area contributed by atoms with Crippen LogP contribution in [0.2, 0.25) is 0 Å². The van der Waals surface area contributed by atoms with E-state index in [0.29, 0.717) is 32.7 Å². The normalized spacial score (nSPS) is 16.5. The first-order valence-electron chi connectivity index (χ1n) is 8.90. The lowest BCUT2D eigenvalue weighted by molar-refractivity contribution is -0.137. The largest absolute Gasteiger partial charge is 0.375 e. The quantitative estimate of drug-likeness (QED) is 0.806. The molecule has 0 radical (unpaired) electrons. The van der Waals surface area contributed by atoms with Crippen molar-refractivity contribution in [2.24, 2.45) is 0 Å². The van der Waals surface area contributed by atoms with Gasteiger partial charge in [-0.15, -0.1) is 0 Å². The fraction of sp³-hybridized carbons (Fsp3) is 0.579. The van der Waals surface area contributed by atoms with E-state index in [-0.39, 0.29) is 24.5 Å². The van der Waals surface area contributed by atoms with E-state index >= 15 is 0 Å². The van der Waals surface area contributed by atoms with Crippen molar-refractivity contribution in [3.8, 4) is 0 Å². The number of piperazine rings is 1. The van der Waals surface area contributed by atoms with Crippen molar-refractivity contribution >= 4 is 11.8 Å². The molecule has 0 bridgehead atoms. The Labute approximate surface area is 150 Å². The molecule has 0 aromatic heterocycles. The minimum absolute atomic E-state index is 0.00995. The van der Waals surface area contributed by atoms with Crippen molar-refractivity contribution in [3.63, 3.8) is 0 Å². The molecule has 6 nitrogen and oxygen atoms in total. The van der Waals surface area contributed by atoms with Crippen LogP contribution >= 0.6 is 0 Å². The van der Waals surface area contributed by atoms with Gasteiger partial charge in [-0.25, -0.2) is 0 Å². The van der Waals surface area contributed by atoms with Crippen LogP contribution in [0.15, 0.2) is 24.3 Å². The number of aryl methyl sites for hydroxylation is 1. The average Bonchev–Trinajstić information content (AvgIpc) is 2.62. The van der Waals surface area contributed by atoms with Gasteiger partial charge in [0.05, 0.1) is 12.6 Å². The molecule has 1 aromatic carbocycles. The number of carbonyl (C=O) groups is 2. The third kappa shape index (κ3) is 5.83. The highest BCUT2D eigenvalue weighted by molar-refractivity contribution is 5.79. The molecule has 1 saturated heterocycles. The molecular weight excluding hydrogens is 318 g/mol. The zero-order valence-corrected chi connectivity index (χ0v) is 15.5. The zero-order valence-electron chi connectivity index (χ0n) is 15.5. The number of nitrogens with zero attached hydrogens (tertiary/aromatic N) is 2. The van der Waals surface area contributed by atoms with Crippen LogP contribution in [0.4, 0.5) is 0 Å². The second-order valence-corrected chi connectivity index (χ2v) is 6.47. The molecule has 1 heterocycles. The van der Waals surface area contributed by atoms with Gasteiger partial charge in [-0.1, -0.05) is 31.2 Å². The molecular formula is C19H29N3O3. The third-order valence-corrected chi connectivity index (χ3v) is 4.63. The van der Waals surface area contributed by atoms with Crippen molar-refractivity contribution in [3.05, 3.63) is 35.4 Å². The van der Waals surface area contributed by atoms with E-state index in [1.165, 1.54) is 12.7 Å². The minimum atomic E-state index is -0.0111. The maximum Gasteiger partial charge on any atom is 0.248 e. The van der Waals surface area contributed by atoms with Gasteiger partial charge in [0.1, 0.15) is 6.61 Å². The molecule has 1 aliphatic heterocycles. The number of hydrogen-bond donors (Lipinski definition) is 1. The fourth-order valence-electron chi connectivity index (χ4n) is 2.99. The lowest BCUT2D eigenvalue weighted by Crippen LogP contribution is -2.51. The molecule has 1 aliphatic rings. The predicted molar refractivity (Wildman–Crippen MR) is 97.3 cm³/mol. The maximum atomic E-state index is 12.3. The molecule has 0 aliphatic carbocycles.